The van der Waals surface area contributed by atoms with Gasteiger partial charge in [0.2, 0.25) is 0 Å². The lowest BCUT2D eigenvalue weighted by Gasteiger charge is -2.33. The summed E-state index contributed by atoms with van der Waals surface area (Å²) in [4.78, 5) is 0.545. The predicted octanol–water partition coefficient (Wildman–Crippen LogP) is 2.62. The van der Waals surface area contributed by atoms with E-state index < -0.39 is 0 Å². The molecular formula is C11H19NS. The average Bonchev–Trinajstić information content (AvgIpc) is 2.80. The van der Waals surface area contributed by atoms with E-state index in [9.17, 15) is 0 Å². The first-order valence-electron chi connectivity index (χ1n) is 5.74. The highest BCUT2D eigenvalue weighted by molar-refractivity contribution is 8.00. The van der Waals surface area contributed by atoms with Crippen LogP contribution in [0.25, 0.3) is 0 Å². The Morgan fingerprint density at radius 3 is 2.92 bits per heavy atom. The van der Waals surface area contributed by atoms with Crippen molar-refractivity contribution < 1.29 is 0 Å². The SMILES string of the molecule is CCC1CSC2(CC3CCC2C3)N1. The summed E-state index contributed by atoms with van der Waals surface area (Å²) < 4.78 is 0. The molecule has 0 aromatic carbocycles. The highest BCUT2D eigenvalue weighted by atomic mass is 32.2. The van der Waals surface area contributed by atoms with Crippen molar-refractivity contribution in [3.05, 3.63) is 0 Å². The molecule has 1 spiro atoms. The molecule has 1 nitrogen and oxygen atoms in total. The van der Waals surface area contributed by atoms with Gasteiger partial charge in [-0.2, -0.15) is 0 Å². The lowest BCUT2D eigenvalue weighted by Crippen LogP contribution is -2.45. The molecule has 2 bridgehead atoms. The number of rotatable bonds is 1. The minimum atomic E-state index is 0.545. The first-order valence-corrected chi connectivity index (χ1v) is 6.72. The molecule has 2 heteroatoms. The van der Waals surface area contributed by atoms with Crippen molar-refractivity contribution in [3.63, 3.8) is 0 Å². The number of hydrogen-bond acceptors (Lipinski definition) is 2. The summed E-state index contributed by atoms with van der Waals surface area (Å²) in [6.45, 7) is 2.31. The van der Waals surface area contributed by atoms with Gasteiger partial charge in [0.1, 0.15) is 0 Å². The van der Waals surface area contributed by atoms with Crippen LogP contribution in [0, 0.1) is 11.8 Å². The predicted molar refractivity (Wildman–Crippen MR) is 57.9 cm³/mol. The lowest BCUT2D eigenvalue weighted by molar-refractivity contribution is 0.306. The molecule has 2 saturated carbocycles. The van der Waals surface area contributed by atoms with Crippen LogP contribution in [0.3, 0.4) is 0 Å². The van der Waals surface area contributed by atoms with Gasteiger partial charge < -0.3 is 0 Å². The highest BCUT2D eigenvalue weighted by Gasteiger charge is 2.54. The molecule has 0 amide bonds. The summed E-state index contributed by atoms with van der Waals surface area (Å²) in [6, 6.07) is 0.810. The first kappa shape index (κ1) is 8.60. The standard InChI is InChI=1S/C11H19NS/c1-2-10-7-13-11(12-10)6-8-3-4-9(11)5-8/h8-10,12H,2-7H2,1H3. The fourth-order valence-electron chi connectivity index (χ4n) is 3.53. The van der Waals surface area contributed by atoms with Crippen LogP contribution in [0.15, 0.2) is 0 Å². The van der Waals surface area contributed by atoms with E-state index in [2.05, 4.69) is 24.0 Å². The van der Waals surface area contributed by atoms with Gasteiger partial charge in [0.05, 0.1) is 4.87 Å². The van der Waals surface area contributed by atoms with E-state index in [4.69, 9.17) is 0 Å². The summed E-state index contributed by atoms with van der Waals surface area (Å²) in [7, 11) is 0. The molecule has 0 aromatic heterocycles. The Balaban J connectivity index is 1.77. The molecule has 3 fully saturated rings. The lowest BCUT2D eigenvalue weighted by atomic mass is 9.94. The van der Waals surface area contributed by atoms with E-state index >= 15 is 0 Å². The fourth-order valence-corrected chi connectivity index (χ4v) is 5.40. The quantitative estimate of drug-likeness (QED) is 0.693. The Kier molecular flexibility index (Phi) is 1.92. The number of thioether (sulfide) groups is 1. The Labute approximate surface area is 85.0 Å². The van der Waals surface area contributed by atoms with E-state index in [1.165, 1.54) is 37.9 Å². The molecule has 3 aliphatic rings. The minimum absolute atomic E-state index is 0.545. The number of hydrogen-bond donors (Lipinski definition) is 1. The van der Waals surface area contributed by atoms with Gasteiger partial charge in [0.25, 0.3) is 0 Å². The molecule has 74 valence electrons. The molecule has 0 aromatic rings. The maximum absolute atomic E-state index is 3.91. The van der Waals surface area contributed by atoms with Crippen molar-refractivity contribution >= 4 is 11.8 Å². The largest absolute Gasteiger partial charge is 0.299 e. The average molecular weight is 197 g/mol. The first-order chi connectivity index (χ1) is 6.32. The maximum atomic E-state index is 3.91. The van der Waals surface area contributed by atoms with Crippen LogP contribution in [0.5, 0.6) is 0 Å². The third-order valence-electron chi connectivity index (χ3n) is 4.28. The molecule has 1 N–H and O–H groups in total. The Bertz CT molecular complexity index is 218. The Morgan fingerprint density at radius 2 is 2.38 bits per heavy atom. The molecular weight excluding hydrogens is 178 g/mol. The van der Waals surface area contributed by atoms with E-state index in [-0.39, 0.29) is 0 Å². The van der Waals surface area contributed by atoms with Crippen molar-refractivity contribution in [3.8, 4) is 0 Å². The van der Waals surface area contributed by atoms with Crippen molar-refractivity contribution in [2.24, 2.45) is 11.8 Å². The molecule has 1 heterocycles. The second-order valence-corrected chi connectivity index (χ2v) is 6.38. The van der Waals surface area contributed by atoms with E-state index in [1.54, 1.807) is 0 Å². The van der Waals surface area contributed by atoms with Crippen LogP contribution in [0.1, 0.15) is 39.0 Å². The summed E-state index contributed by atoms with van der Waals surface area (Å²) in [6.07, 6.45) is 7.33. The zero-order valence-corrected chi connectivity index (χ0v) is 9.20. The number of fused-ring (bicyclic) bond motifs is 3. The van der Waals surface area contributed by atoms with Gasteiger partial charge in [-0.05, 0) is 43.9 Å². The molecule has 4 unspecified atom stereocenters. The van der Waals surface area contributed by atoms with Gasteiger partial charge in [-0.25, -0.2) is 0 Å². The fraction of sp³-hybridized carbons (Fsp3) is 1.00. The van der Waals surface area contributed by atoms with Crippen LogP contribution in [0.4, 0.5) is 0 Å². The minimum Gasteiger partial charge on any atom is -0.299 e. The molecule has 2 aliphatic carbocycles. The van der Waals surface area contributed by atoms with Gasteiger partial charge in [-0.15, -0.1) is 11.8 Å². The molecule has 1 saturated heterocycles. The molecule has 3 rings (SSSR count). The third-order valence-corrected chi connectivity index (χ3v) is 5.98. The second kappa shape index (κ2) is 2.90. The summed E-state index contributed by atoms with van der Waals surface area (Å²) in [5.41, 5.74) is 0. The van der Waals surface area contributed by atoms with Gasteiger partial charge in [-0.1, -0.05) is 6.92 Å². The van der Waals surface area contributed by atoms with Crippen LogP contribution in [-0.4, -0.2) is 16.7 Å². The van der Waals surface area contributed by atoms with Gasteiger partial charge in [-0.3, -0.25) is 5.32 Å². The zero-order valence-electron chi connectivity index (χ0n) is 8.38. The van der Waals surface area contributed by atoms with E-state index in [1.807, 2.05) is 0 Å². The Morgan fingerprint density at radius 1 is 1.46 bits per heavy atom. The van der Waals surface area contributed by atoms with E-state index in [0.717, 1.165) is 17.9 Å². The van der Waals surface area contributed by atoms with Crippen molar-refractivity contribution in [1.82, 2.24) is 5.32 Å². The highest BCUT2D eigenvalue weighted by Crippen LogP contribution is 2.57. The van der Waals surface area contributed by atoms with Crippen LogP contribution in [0.2, 0.25) is 0 Å². The van der Waals surface area contributed by atoms with Crippen molar-refractivity contribution in [2.75, 3.05) is 5.75 Å². The molecule has 0 radical (unpaired) electrons. The maximum Gasteiger partial charge on any atom is 0.0679 e. The topological polar surface area (TPSA) is 12.0 Å². The summed E-state index contributed by atoms with van der Waals surface area (Å²) in [5, 5.41) is 3.91. The van der Waals surface area contributed by atoms with Crippen molar-refractivity contribution in [1.29, 1.82) is 0 Å². The molecule has 1 aliphatic heterocycles. The normalized spacial score (nSPS) is 53.8. The smallest absolute Gasteiger partial charge is 0.0679 e. The van der Waals surface area contributed by atoms with Gasteiger partial charge in [0, 0.05) is 11.8 Å². The molecule has 4 atom stereocenters. The monoisotopic (exact) mass is 197 g/mol. The zero-order chi connectivity index (χ0) is 8.89. The van der Waals surface area contributed by atoms with Crippen LogP contribution in [-0.2, 0) is 0 Å². The van der Waals surface area contributed by atoms with Gasteiger partial charge >= 0.3 is 0 Å². The summed E-state index contributed by atoms with van der Waals surface area (Å²) in [5.74, 6) is 3.44. The summed E-state index contributed by atoms with van der Waals surface area (Å²) >= 11 is 2.24. The van der Waals surface area contributed by atoms with Gasteiger partial charge in [0.15, 0.2) is 0 Å². The Hall–Kier alpha value is 0.310. The number of nitrogens with one attached hydrogen (secondary N) is 1. The molecule has 13 heavy (non-hydrogen) atoms. The van der Waals surface area contributed by atoms with Crippen LogP contribution < -0.4 is 5.32 Å². The van der Waals surface area contributed by atoms with Crippen LogP contribution >= 0.6 is 11.8 Å². The third kappa shape index (κ3) is 1.18. The second-order valence-electron chi connectivity index (χ2n) is 5.03. The van der Waals surface area contributed by atoms with E-state index in [0.29, 0.717) is 4.87 Å². The van der Waals surface area contributed by atoms with Crippen molar-refractivity contribution in [2.45, 2.75) is 49.9 Å².